The van der Waals surface area contributed by atoms with Crippen molar-refractivity contribution in [3.8, 4) is 5.75 Å². The molecule has 2 fully saturated rings. The molecule has 2 aromatic heterocycles. The summed E-state index contributed by atoms with van der Waals surface area (Å²) < 4.78 is 0. The largest absolute Gasteiger partial charge is 0.508 e. The van der Waals surface area contributed by atoms with E-state index in [0.29, 0.717) is 51.3 Å². The number of hydrogen-bond donors (Lipinski definition) is 21. The number of nitrogens with two attached hydrogens (primary N) is 3. The predicted molar refractivity (Wildman–Crippen MR) is 449 cm³/mol. The molecule has 2 aliphatic heterocycles. The normalized spacial score (nSPS) is 17.1. The summed E-state index contributed by atoms with van der Waals surface area (Å²) in [7, 11) is 0. The highest BCUT2D eigenvalue weighted by atomic mass is 16.4. The van der Waals surface area contributed by atoms with Crippen LogP contribution in [-0.4, -0.2) is 257 Å². The van der Waals surface area contributed by atoms with Crippen LogP contribution in [0.1, 0.15) is 156 Å². The van der Waals surface area contributed by atoms with E-state index in [1.54, 1.807) is 102 Å². The number of aromatic hydroxyl groups is 1. The first-order chi connectivity index (χ1) is 58.3. The summed E-state index contributed by atoms with van der Waals surface area (Å²) in [5.41, 5.74) is 19.6. The van der Waals surface area contributed by atoms with Gasteiger partial charge in [-0.15, -0.1) is 0 Å². The van der Waals surface area contributed by atoms with E-state index in [9.17, 15) is 97.5 Å². The van der Waals surface area contributed by atoms with Gasteiger partial charge in [-0.2, -0.15) is 0 Å². The van der Waals surface area contributed by atoms with E-state index in [1.807, 2.05) is 0 Å². The number of carbonyl (C=O) groups excluding carboxylic acids is 14. The van der Waals surface area contributed by atoms with Crippen LogP contribution in [0, 0.1) is 17.8 Å². The Labute approximate surface area is 711 Å². The monoisotopic (exact) mass is 1720 g/mol. The highest BCUT2D eigenvalue weighted by molar-refractivity contribution is 6.02. The minimum Gasteiger partial charge on any atom is -0.508 e. The number of para-hydroxylation sites is 2. The number of unbranched alkanes of at least 4 members (excludes halogenated alkanes) is 1. The van der Waals surface area contributed by atoms with Crippen LogP contribution in [0.2, 0.25) is 0 Å². The number of aromatic nitrogens is 2. The predicted octanol–water partition coefficient (Wildman–Crippen LogP) is -1.49. The number of carboxylic acids is 2. The zero-order chi connectivity index (χ0) is 90.6. The number of aromatic amines is 2. The molecular formula is C84H120N18O21. The van der Waals surface area contributed by atoms with Gasteiger partial charge in [0.1, 0.15) is 84.3 Å². The van der Waals surface area contributed by atoms with E-state index in [0.717, 1.165) is 4.90 Å². The minimum atomic E-state index is -1.93. The van der Waals surface area contributed by atoms with Crippen molar-refractivity contribution in [3.63, 3.8) is 0 Å². The molecule has 2 aliphatic rings. The minimum absolute atomic E-state index is 0.0394. The second-order valence-corrected chi connectivity index (χ2v) is 32.8. The number of carbonyl (C=O) groups is 16. The summed E-state index contributed by atoms with van der Waals surface area (Å²) in [6.07, 6.45) is 0.0400. The van der Waals surface area contributed by atoms with E-state index in [-0.39, 0.29) is 127 Å². The number of H-pyrrole nitrogens is 2. The third-order valence-electron chi connectivity index (χ3n) is 21.3. The fourth-order valence-corrected chi connectivity index (χ4v) is 14.9. The molecule has 0 unspecified atom stereocenters. The average molecular weight is 1720 g/mol. The lowest BCUT2D eigenvalue weighted by atomic mass is 9.98. The standard InChI is InChI=1S/C84H120N18O21/c1-43(2)33-58(73(111)94-62(38-50-41-89-55-20-12-10-18-53(50)55)76(114)97-63(35-45(5)6)82(120)101-31-15-22-66(101)79(117)91-57(84(122)123)28-29-68(87)106)92-72(110)56(21-13-14-30-85)90-81(119)70(47(8)104)100-77(115)59(34-44(3)4)96-80(118)67-23-16-32-102(67)83(121)64(39-69(107)108)98-74(112)60(36-48-24-26-51(105)27-25-48)93-75(113)61(37-49-40-88-54-19-11-9-17-52(49)54)95-78(116)65(42-103)99-71(109)46(7)86/h9-12,17-20,24-27,40-41,43-47,56-67,70,88-89,103-105H,13-16,21-23,28-39,42,85-86H2,1-8H3,(H2,87,106)(H,90,119)(H,91,117)(H,92,110)(H,93,113)(H,94,111)(H,95,116)(H,96,118)(H,97,114)(H,98,112)(H,99,109)(H,100,115)(H,107,108)(H,122,123)/t46-,47+,56-,57-,58-,59-,60-,61-,62-,63-,64-,65-,66-,67-,70-/m0/s1. The number of rotatable bonds is 48. The number of aliphatic hydroxyl groups is 2. The van der Waals surface area contributed by atoms with Gasteiger partial charge in [0, 0.05) is 73.0 Å². The summed E-state index contributed by atoms with van der Waals surface area (Å²) in [6, 6.07) is -1.31. The lowest BCUT2D eigenvalue weighted by Crippen LogP contribution is -2.62. The first-order valence-electron chi connectivity index (χ1n) is 41.6. The fourth-order valence-electron chi connectivity index (χ4n) is 14.9. The van der Waals surface area contributed by atoms with Crippen LogP contribution in [0.5, 0.6) is 5.75 Å². The van der Waals surface area contributed by atoms with Crippen LogP contribution in [-0.2, 0) is 96.0 Å². The number of carboxylic acid groups (broad SMARTS) is 2. The second kappa shape index (κ2) is 46.8. The van der Waals surface area contributed by atoms with Crippen LogP contribution >= 0.6 is 0 Å². The number of amides is 14. The number of phenols is 1. The molecule has 39 heteroatoms. The molecule has 0 spiro atoms. The van der Waals surface area contributed by atoms with Gasteiger partial charge in [-0.3, -0.25) is 71.9 Å². The maximum atomic E-state index is 15.0. The summed E-state index contributed by atoms with van der Waals surface area (Å²) in [5, 5.41) is 81.7. The molecule has 0 bridgehead atoms. The topological polar surface area (TPSA) is 623 Å². The zero-order valence-electron chi connectivity index (χ0n) is 70.5. The molecule has 39 nitrogen and oxygen atoms in total. The Balaban J connectivity index is 1.08. The van der Waals surface area contributed by atoms with Gasteiger partial charge in [0.15, 0.2) is 0 Å². The Kier molecular flexibility index (Phi) is 37.3. The number of aliphatic hydroxyl groups excluding tert-OH is 2. The molecule has 0 aliphatic carbocycles. The SMILES string of the molecule is CC(C)C[C@H](NC(=O)[C@H](CCCCN)NC(=O)[C@@H](NC(=O)[C@H](CC(C)C)NC(=O)[C@@H]1CCCN1C(=O)[C@H](CC(=O)O)NC(=O)[C@H](Cc1ccc(O)cc1)NC(=O)[C@H](Cc1c[nH]c2ccccc12)NC(=O)[C@H](CO)NC(=O)[C@H](C)N)[C@@H](C)O)C(=O)N[C@@H](Cc1c[nH]c2ccccc12)C(=O)N[C@@H](CC(C)C)C(=O)N1CCC[C@H]1C(=O)N[C@@H](CCC(N)=O)C(=O)O. The lowest BCUT2D eigenvalue weighted by Gasteiger charge is -2.31. The van der Waals surface area contributed by atoms with Crippen LogP contribution < -0.4 is 75.7 Å². The Morgan fingerprint density at radius 2 is 0.870 bits per heavy atom. The Morgan fingerprint density at radius 3 is 1.33 bits per heavy atom. The molecule has 672 valence electrons. The van der Waals surface area contributed by atoms with Crippen molar-refractivity contribution in [3.05, 3.63) is 102 Å². The molecule has 15 atom stereocenters. The smallest absolute Gasteiger partial charge is 0.326 e. The molecule has 123 heavy (non-hydrogen) atoms. The molecule has 5 aromatic rings. The van der Waals surface area contributed by atoms with Gasteiger partial charge >= 0.3 is 11.9 Å². The van der Waals surface area contributed by atoms with E-state index in [4.69, 9.17) is 17.2 Å². The van der Waals surface area contributed by atoms with Gasteiger partial charge in [-0.1, -0.05) is 90.1 Å². The molecule has 2 saturated heterocycles. The Morgan fingerprint density at radius 1 is 0.463 bits per heavy atom. The number of aliphatic carboxylic acids is 2. The molecule has 7 rings (SSSR count). The van der Waals surface area contributed by atoms with Crippen LogP contribution in [0.3, 0.4) is 0 Å². The third-order valence-corrected chi connectivity index (χ3v) is 21.3. The molecule has 14 amide bonds. The number of nitrogens with one attached hydrogen (secondary N) is 13. The van der Waals surface area contributed by atoms with Crippen molar-refractivity contribution in [2.24, 2.45) is 35.0 Å². The molecule has 0 saturated carbocycles. The molecule has 0 radical (unpaired) electrons. The van der Waals surface area contributed by atoms with Gasteiger partial charge in [0.05, 0.1) is 25.2 Å². The number of likely N-dealkylation sites (tertiary alicyclic amines) is 2. The van der Waals surface area contributed by atoms with Crippen LogP contribution in [0.25, 0.3) is 21.8 Å². The van der Waals surface area contributed by atoms with Gasteiger partial charge < -0.3 is 121 Å². The number of nitrogens with zero attached hydrogens (tertiary/aromatic N) is 2. The van der Waals surface area contributed by atoms with Gasteiger partial charge in [-0.05, 0) is 150 Å². The molecule has 24 N–H and O–H groups in total. The fraction of sp³-hybridized carbons (Fsp3) is 0.548. The van der Waals surface area contributed by atoms with Crippen molar-refractivity contribution in [1.82, 2.24) is 78.3 Å². The van der Waals surface area contributed by atoms with E-state index in [1.165, 1.54) is 43.0 Å². The van der Waals surface area contributed by atoms with E-state index < -0.39 is 198 Å². The number of primary amides is 1. The average Bonchev–Trinajstić information content (AvgIpc) is 1.74. The van der Waals surface area contributed by atoms with Crippen molar-refractivity contribution in [1.29, 1.82) is 0 Å². The van der Waals surface area contributed by atoms with Crippen molar-refractivity contribution < 1.29 is 102 Å². The quantitative estimate of drug-likeness (QED) is 0.0197. The maximum absolute atomic E-state index is 15.0. The second-order valence-electron chi connectivity index (χ2n) is 32.8. The van der Waals surface area contributed by atoms with Crippen molar-refractivity contribution >= 4 is 116 Å². The Bertz CT molecular complexity index is 4550. The molecular weight excluding hydrogens is 1600 g/mol. The first kappa shape index (κ1) is 98.0. The summed E-state index contributed by atoms with van der Waals surface area (Å²) in [4.78, 5) is 233. The summed E-state index contributed by atoms with van der Waals surface area (Å²) in [6.45, 7) is 12.2. The highest BCUT2D eigenvalue weighted by Crippen LogP contribution is 2.27. The lowest BCUT2D eigenvalue weighted by molar-refractivity contribution is -0.146. The number of fused-ring (bicyclic) bond motifs is 2. The van der Waals surface area contributed by atoms with Gasteiger partial charge in [0.2, 0.25) is 82.7 Å². The summed E-state index contributed by atoms with van der Waals surface area (Å²) in [5.74, 6) is -16.9. The number of hydrogen-bond acceptors (Lipinski definition) is 21. The molecule has 3 aromatic carbocycles. The Hall–Kier alpha value is -12.1. The van der Waals surface area contributed by atoms with Crippen molar-refractivity contribution in [2.75, 3.05) is 26.2 Å². The van der Waals surface area contributed by atoms with E-state index >= 15 is 4.79 Å². The third kappa shape index (κ3) is 29.0. The molecule has 4 heterocycles. The van der Waals surface area contributed by atoms with Gasteiger partial charge in [-0.25, -0.2) is 4.79 Å². The number of phenolic OH excluding ortho intramolecular Hbond substituents is 1. The first-order valence-corrected chi connectivity index (χ1v) is 41.6. The zero-order valence-corrected chi connectivity index (χ0v) is 70.5. The highest BCUT2D eigenvalue weighted by Gasteiger charge is 2.44. The van der Waals surface area contributed by atoms with Crippen LogP contribution in [0.15, 0.2) is 85.2 Å². The van der Waals surface area contributed by atoms with E-state index in [2.05, 4.69) is 68.5 Å². The van der Waals surface area contributed by atoms with Crippen LogP contribution in [0.4, 0.5) is 0 Å². The number of benzene rings is 3. The van der Waals surface area contributed by atoms with Gasteiger partial charge in [0.25, 0.3) is 0 Å². The summed E-state index contributed by atoms with van der Waals surface area (Å²) >= 11 is 0. The van der Waals surface area contributed by atoms with Crippen molar-refractivity contribution in [2.45, 2.75) is 249 Å². The maximum Gasteiger partial charge on any atom is 0.326 e.